The van der Waals surface area contributed by atoms with Crippen molar-refractivity contribution in [3.8, 4) is 56.0 Å². The Kier molecular flexibility index (Phi) is 9.18. The van der Waals surface area contributed by atoms with Crippen LogP contribution in [0.2, 0.25) is 0 Å². The van der Waals surface area contributed by atoms with E-state index >= 15 is 0 Å². The molecule has 61 heavy (non-hydrogen) atoms. The molecule has 0 saturated carbocycles. The Morgan fingerprint density at radius 2 is 0.623 bits per heavy atom. The number of anilines is 6. The second kappa shape index (κ2) is 15.6. The molecule has 1 heterocycles. The van der Waals surface area contributed by atoms with Gasteiger partial charge in [-0.05, 0) is 105 Å². The molecule has 0 spiro atoms. The van der Waals surface area contributed by atoms with Crippen LogP contribution in [0.4, 0.5) is 34.1 Å². The minimum atomic E-state index is 0.816. The van der Waals surface area contributed by atoms with E-state index in [0.717, 1.165) is 78.6 Å². The highest BCUT2D eigenvalue weighted by Gasteiger charge is 2.30. The Morgan fingerprint density at radius 3 is 1.11 bits per heavy atom. The summed E-state index contributed by atoms with van der Waals surface area (Å²) in [6, 6.07) is 86.2. The molecule has 0 aromatic heterocycles. The number of para-hydroxylation sites is 3. The lowest BCUT2D eigenvalue weighted by Crippen LogP contribution is -2.14. The highest BCUT2D eigenvalue weighted by atomic mass is 16.5. The van der Waals surface area contributed by atoms with Gasteiger partial charge < -0.3 is 14.5 Å². The maximum Gasteiger partial charge on any atom is 0.160 e. The smallest absolute Gasteiger partial charge is 0.160 e. The second-order valence-electron chi connectivity index (χ2n) is 15.3. The average molecular weight is 781 g/mol. The molecule has 0 unspecified atom stereocenters. The quantitative estimate of drug-likeness (QED) is 0.145. The van der Waals surface area contributed by atoms with Crippen molar-refractivity contribution in [1.82, 2.24) is 0 Å². The van der Waals surface area contributed by atoms with E-state index in [1.165, 1.54) is 22.3 Å². The van der Waals surface area contributed by atoms with Crippen LogP contribution in [0.15, 0.2) is 243 Å². The Bertz CT molecular complexity index is 3070. The number of fused-ring (bicyclic) bond motifs is 2. The van der Waals surface area contributed by atoms with Gasteiger partial charge in [0.25, 0.3) is 0 Å². The summed E-state index contributed by atoms with van der Waals surface area (Å²) in [5.74, 6) is 1.64. The largest absolute Gasteiger partial charge is 0.452 e. The van der Waals surface area contributed by atoms with E-state index in [9.17, 15) is 0 Å². The summed E-state index contributed by atoms with van der Waals surface area (Å²) < 4.78 is 7.41. The highest BCUT2D eigenvalue weighted by Crippen LogP contribution is 2.56. The molecule has 0 aliphatic carbocycles. The van der Waals surface area contributed by atoms with Crippen LogP contribution in [0.25, 0.3) is 55.3 Å². The minimum Gasteiger partial charge on any atom is -0.452 e. The van der Waals surface area contributed by atoms with E-state index < -0.39 is 0 Å². The zero-order valence-electron chi connectivity index (χ0n) is 33.4. The summed E-state index contributed by atoms with van der Waals surface area (Å²) in [7, 11) is 0. The van der Waals surface area contributed by atoms with Gasteiger partial charge in [0.1, 0.15) is 0 Å². The Morgan fingerprint density at radius 1 is 0.246 bits per heavy atom. The maximum absolute atomic E-state index is 7.41. The predicted molar refractivity (Wildman–Crippen MR) is 255 cm³/mol. The third-order valence-electron chi connectivity index (χ3n) is 11.7. The SMILES string of the molecule is c1ccc(-c2ccc(-c3ccc(N(c4ccc(-c5ccccc5)cc4)c4ccc5cccc6c5c4Oc4c-6cccc4N(c4ccccc4)c4ccccc4)cc3)cc2)cc1. The molecular weight excluding hydrogens is 741 g/mol. The molecule has 0 radical (unpaired) electrons. The molecule has 0 amide bonds. The molecule has 3 nitrogen and oxygen atoms in total. The number of ether oxygens (including phenoxy) is 1. The summed E-state index contributed by atoms with van der Waals surface area (Å²) in [6.07, 6.45) is 0. The van der Waals surface area contributed by atoms with Crippen molar-refractivity contribution >= 4 is 44.9 Å². The van der Waals surface area contributed by atoms with E-state index in [1.807, 2.05) is 0 Å². The van der Waals surface area contributed by atoms with Gasteiger partial charge in [0.2, 0.25) is 0 Å². The van der Waals surface area contributed by atoms with E-state index in [0.29, 0.717) is 0 Å². The number of rotatable bonds is 9. The second-order valence-corrected chi connectivity index (χ2v) is 15.3. The van der Waals surface area contributed by atoms with Gasteiger partial charge in [0.05, 0.1) is 11.4 Å². The molecule has 288 valence electrons. The third kappa shape index (κ3) is 6.69. The Labute approximate surface area is 356 Å². The van der Waals surface area contributed by atoms with Crippen LogP contribution < -0.4 is 14.5 Å². The lowest BCUT2D eigenvalue weighted by molar-refractivity contribution is 0.489. The molecule has 11 rings (SSSR count). The fraction of sp³-hybridized carbons (Fsp3) is 0. The van der Waals surface area contributed by atoms with Crippen LogP contribution in [0, 0.1) is 0 Å². The van der Waals surface area contributed by atoms with E-state index in [-0.39, 0.29) is 0 Å². The molecule has 0 saturated heterocycles. The van der Waals surface area contributed by atoms with Crippen molar-refractivity contribution < 1.29 is 4.74 Å². The summed E-state index contributed by atoms with van der Waals surface area (Å²) in [5.41, 5.74) is 15.4. The number of hydrogen-bond acceptors (Lipinski definition) is 3. The lowest BCUT2D eigenvalue weighted by Gasteiger charge is -2.33. The summed E-state index contributed by atoms with van der Waals surface area (Å²) >= 11 is 0. The van der Waals surface area contributed by atoms with E-state index in [1.54, 1.807) is 0 Å². The van der Waals surface area contributed by atoms with Crippen molar-refractivity contribution in [2.45, 2.75) is 0 Å². The highest BCUT2D eigenvalue weighted by molar-refractivity contribution is 6.09. The summed E-state index contributed by atoms with van der Waals surface area (Å²) in [6.45, 7) is 0. The van der Waals surface area contributed by atoms with Crippen LogP contribution in [0.1, 0.15) is 0 Å². The van der Waals surface area contributed by atoms with Crippen LogP contribution in [-0.4, -0.2) is 0 Å². The fourth-order valence-electron chi connectivity index (χ4n) is 8.69. The van der Waals surface area contributed by atoms with Crippen LogP contribution in [-0.2, 0) is 0 Å². The molecule has 1 aliphatic rings. The molecule has 3 heteroatoms. The van der Waals surface area contributed by atoms with Crippen molar-refractivity contribution in [2.75, 3.05) is 9.80 Å². The first-order valence-corrected chi connectivity index (χ1v) is 20.8. The average Bonchev–Trinajstić information content (AvgIpc) is 3.34. The van der Waals surface area contributed by atoms with E-state index in [4.69, 9.17) is 4.74 Å². The Hall–Kier alpha value is -8.14. The molecular formula is C58H40N2O. The van der Waals surface area contributed by atoms with Gasteiger partial charge in [-0.25, -0.2) is 0 Å². The number of hydrogen-bond donors (Lipinski definition) is 0. The van der Waals surface area contributed by atoms with Crippen molar-refractivity contribution in [2.24, 2.45) is 0 Å². The third-order valence-corrected chi connectivity index (χ3v) is 11.7. The monoisotopic (exact) mass is 780 g/mol. The van der Waals surface area contributed by atoms with Gasteiger partial charge >= 0.3 is 0 Å². The van der Waals surface area contributed by atoms with Crippen LogP contribution >= 0.6 is 0 Å². The molecule has 0 N–H and O–H groups in total. The molecule has 0 atom stereocenters. The summed E-state index contributed by atoms with van der Waals surface area (Å²) in [4.78, 5) is 4.63. The normalized spacial score (nSPS) is 11.4. The van der Waals surface area contributed by atoms with Crippen molar-refractivity contribution in [1.29, 1.82) is 0 Å². The van der Waals surface area contributed by atoms with E-state index in [2.05, 4.69) is 252 Å². The summed E-state index contributed by atoms with van der Waals surface area (Å²) in [5, 5.41) is 2.22. The molecule has 0 fully saturated rings. The molecule has 1 aliphatic heterocycles. The predicted octanol–water partition coefficient (Wildman–Crippen LogP) is 16.6. The zero-order valence-corrected chi connectivity index (χ0v) is 33.4. The molecule has 10 aromatic carbocycles. The maximum atomic E-state index is 7.41. The minimum absolute atomic E-state index is 0.816. The van der Waals surface area contributed by atoms with Crippen LogP contribution in [0.3, 0.4) is 0 Å². The van der Waals surface area contributed by atoms with Gasteiger partial charge in [-0.3, -0.25) is 0 Å². The molecule has 10 aromatic rings. The van der Waals surface area contributed by atoms with Gasteiger partial charge in [0.15, 0.2) is 11.5 Å². The first-order valence-electron chi connectivity index (χ1n) is 20.8. The first-order chi connectivity index (χ1) is 30.3. The zero-order chi connectivity index (χ0) is 40.5. The van der Waals surface area contributed by atoms with Gasteiger partial charge in [-0.2, -0.15) is 0 Å². The standard InChI is InChI=1S/C58H40N2O/c1-5-15-41(16-6-1)43-27-29-44(30-28-43)46-33-38-51(39-34-46)60(50-36-31-45(32-37-50)42-17-7-2-8-18-42)55-40-35-47-19-13-24-52-53-25-14-26-54(57(53)61-58(55)56(47)52)59(48-20-9-3-10-21-48)49-22-11-4-12-23-49/h1-40H. The van der Waals surface area contributed by atoms with Crippen molar-refractivity contribution in [3.63, 3.8) is 0 Å². The van der Waals surface area contributed by atoms with Gasteiger partial charge in [-0.15, -0.1) is 0 Å². The fourth-order valence-corrected chi connectivity index (χ4v) is 8.69. The van der Waals surface area contributed by atoms with Gasteiger partial charge in [-0.1, -0.05) is 182 Å². The first kappa shape index (κ1) is 36.0. The number of nitrogens with zero attached hydrogens (tertiary/aromatic N) is 2. The molecule has 0 bridgehead atoms. The topological polar surface area (TPSA) is 15.7 Å². The van der Waals surface area contributed by atoms with Crippen LogP contribution in [0.5, 0.6) is 11.5 Å². The Balaban J connectivity index is 1.06. The lowest BCUT2D eigenvalue weighted by atomic mass is 9.93. The van der Waals surface area contributed by atoms with Gasteiger partial charge in [0, 0.05) is 33.7 Å². The number of benzene rings is 10. The van der Waals surface area contributed by atoms with Crippen molar-refractivity contribution in [3.05, 3.63) is 243 Å².